The largest absolute Gasteiger partial charge is 0.343 e. The molecule has 1 aromatic carbocycles. The topological polar surface area (TPSA) is 49.4 Å². The van der Waals surface area contributed by atoms with E-state index in [1.807, 2.05) is 13.8 Å². The third kappa shape index (κ3) is 3.17. The van der Waals surface area contributed by atoms with Crippen LogP contribution in [0.15, 0.2) is 22.7 Å². The predicted molar refractivity (Wildman–Crippen MR) is 77.8 cm³/mol. The Balaban J connectivity index is 2.30. The second kappa shape index (κ2) is 5.91. The molecule has 0 saturated carbocycles. The maximum Gasteiger partial charge on any atom is 0.250 e. The molecule has 6 heteroatoms. The minimum absolute atomic E-state index is 0.141. The van der Waals surface area contributed by atoms with E-state index in [0.29, 0.717) is 10.9 Å². The molecular weight excluding hydrogens is 327 g/mol. The molecule has 2 rings (SSSR count). The van der Waals surface area contributed by atoms with Crippen molar-refractivity contribution < 1.29 is 14.0 Å². The average Bonchev–Trinajstić information content (AvgIpc) is 2.33. The van der Waals surface area contributed by atoms with Crippen LogP contribution < -0.4 is 10.2 Å². The van der Waals surface area contributed by atoms with Gasteiger partial charge in [-0.25, -0.2) is 4.39 Å². The van der Waals surface area contributed by atoms with Crippen molar-refractivity contribution >= 4 is 33.4 Å². The fourth-order valence-corrected chi connectivity index (χ4v) is 2.58. The summed E-state index contributed by atoms with van der Waals surface area (Å²) in [6, 6.07) is 3.85. The molecule has 1 fully saturated rings. The van der Waals surface area contributed by atoms with Crippen LogP contribution in [0.2, 0.25) is 0 Å². The van der Waals surface area contributed by atoms with Crippen LogP contribution in [0.4, 0.5) is 10.1 Å². The van der Waals surface area contributed by atoms with Crippen molar-refractivity contribution in [2.24, 2.45) is 5.92 Å². The smallest absolute Gasteiger partial charge is 0.250 e. The molecule has 1 aromatic rings. The number of nitrogens with zero attached hydrogens (tertiary/aromatic N) is 1. The Bertz CT molecular complexity index is 548. The third-order valence-electron chi connectivity index (χ3n) is 3.11. The van der Waals surface area contributed by atoms with Gasteiger partial charge in [-0.2, -0.15) is 0 Å². The van der Waals surface area contributed by atoms with E-state index in [4.69, 9.17) is 0 Å². The zero-order chi connectivity index (χ0) is 14.9. The van der Waals surface area contributed by atoms with Crippen LogP contribution in [0.25, 0.3) is 0 Å². The Kier molecular flexibility index (Phi) is 4.42. The van der Waals surface area contributed by atoms with E-state index < -0.39 is 11.9 Å². The molecule has 1 aliphatic heterocycles. The van der Waals surface area contributed by atoms with Crippen molar-refractivity contribution in [1.29, 1.82) is 0 Å². The van der Waals surface area contributed by atoms with Crippen LogP contribution in [-0.4, -0.2) is 24.4 Å². The molecule has 1 aliphatic rings. The van der Waals surface area contributed by atoms with Crippen molar-refractivity contribution in [2.75, 3.05) is 11.4 Å². The van der Waals surface area contributed by atoms with Crippen LogP contribution in [0.5, 0.6) is 0 Å². The number of carbonyl (C=O) groups is 2. The molecule has 1 heterocycles. The van der Waals surface area contributed by atoms with Gasteiger partial charge in [0, 0.05) is 4.47 Å². The summed E-state index contributed by atoms with van der Waals surface area (Å²) in [5.74, 6) is -0.790. The summed E-state index contributed by atoms with van der Waals surface area (Å²) in [7, 11) is 0. The van der Waals surface area contributed by atoms with Gasteiger partial charge >= 0.3 is 0 Å². The van der Waals surface area contributed by atoms with Crippen LogP contribution in [0.1, 0.15) is 20.3 Å². The van der Waals surface area contributed by atoms with Crippen LogP contribution in [-0.2, 0) is 9.59 Å². The first-order valence-electron chi connectivity index (χ1n) is 6.44. The molecule has 108 valence electrons. The maximum absolute atomic E-state index is 14.0. The summed E-state index contributed by atoms with van der Waals surface area (Å²) in [6.45, 7) is 3.79. The molecule has 1 N–H and O–H groups in total. The fourth-order valence-electron chi connectivity index (χ4n) is 2.25. The molecule has 2 amide bonds. The molecule has 1 atom stereocenters. The van der Waals surface area contributed by atoms with Crippen molar-refractivity contribution in [3.05, 3.63) is 28.5 Å². The molecule has 1 unspecified atom stereocenters. The lowest BCUT2D eigenvalue weighted by atomic mass is 10.0. The van der Waals surface area contributed by atoms with Crippen molar-refractivity contribution in [3.63, 3.8) is 0 Å². The zero-order valence-electron chi connectivity index (χ0n) is 11.3. The predicted octanol–water partition coefficient (Wildman–Crippen LogP) is 2.47. The van der Waals surface area contributed by atoms with Gasteiger partial charge < -0.3 is 5.32 Å². The Morgan fingerprint density at radius 1 is 1.45 bits per heavy atom. The molecule has 4 nitrogen and oxygen atoms in total. The van der Waals surface area contributed by atoms with E-state index in [1.165, 1.54) is 17.0 Å². The highest BCUT2D eigenvalue weighted by Gasteiger charge is 2.34. The number of rotatable bonds is 3. The summed E-state index contributed by atoms with van der Waals surface area (Å²) in [4.78, 5) is 25.3. The number of anilines is 1. The number of hydrogen-bond acceptors (Lipinski definition) is 2. The van der Waals surface area contributed by atoms with E-state index in [-0.39, 0.29) is 30.0 Å². The molecular formula is C14H16BrFN2O2. The van der Waals surface area contributed by atoms with Crippen LogP contribution >= 0.6 is 15.9 Å². The van der Waals surface area contributed by atoms with Gasteiger partial charge in [-0.3, -0.25) is 14.5 Å². The summed E-state index contributed by atoms with van der Waals surface area (Å²) < 4.78 is 14.6. The summed E-state index contributed by atoms with van der Waals surface area (Å²) in [6.07, 6.45) is 0.541. The minimum atomic E-state index is -0.584. The van der Waals surface area contributed by atoms with Gasteiger partial charge in [0.15, 0.2) is 0 Å². The Hall–Kier alpha value is -1.43. The highest BCUT2D eigenvalue weighted by Crippen LogP contribution is 2.25. The highest BCUT2D eigenvalue weighted by molar-refractivity contribution is 9.10. The first-order valence-corrected chi connectivity index (χ1v) is 7.23. The Morgan fingerprint density at radius 2 is 2.15 bits per heavy atom. The molecule has 1 saturated heterocycles. The lowest BCUT2D eigenvalue weighted by molar-refractivity contribution is -0.131. The minimum Gasteiger partial charge on any atom is -0.343 e. The highest BCUT2D eigenvalue weighted by atomic mass is 79.9. The number of amides is 2. The number of piperazine rings is 1. The van der Waals surface area contributed by atoms with E-state index in [2.05, 4.69) is 21.2 Å². The van der Waals surface area contributed by atoms with Gasteiger partial charge in [-0.05, 0) is 30.5 Å². The molecule has 0 bridgehead atoms. The van der Waals surface area contributed by atoms with Crippen molar-refractivity contribution in [2.45, 2.75) is 26.3 Å². The van der Waals surface area contributed by atoms with Crippen molar-refractivity contribution in [1.82, 2.24) is 5.32 Å². The molecule has 20 heavy (non-hydrogen) atoms. The van der Waals surface area contributed by atoms with Gasteiger partial charge in [0.05, 0.1) is 5.69 Å². The van der Waals surface area contributed by atoms with E-state index in [9.17, 15) is 14.0 Å². The quantitative estimate of drug-likeness (QED) is 0.917. The van der Waals surface area contributed by atoms with E-state index in [0.717, 1.165) is 0 Å². The number of benzene rings is 1. The summed E-state index contributed by atoms with van der Waals surface area (Å²) in [5.41, 5.74) is 0.141. The molecule has 0 aromatic heterocycles. The number of nitrogens with one attached hydrogen (secondary N) is 1. The lowest BCUT2D eigenvalue weighted by Crippen LogP contribution is -2.58. The van der Waals surface area contributed by atoms with Gasteiger partial charge in [0.25, 0.3) is 0 Å². The summed E-state index contributed by atoms with van der Waals surface area (Å²) >= 11 is 3.17. The molecule has 0 spiro atoms. The fraction of sp³-hybridized carbons (Fsp3) is 0.429. The van der Waals surface area contributed by atoms with Gasteiger partial charge in [0.2, 0.25) is 11.8 Å². The summed E-state index contributed by atoms with van der Waals surface area (Å²) in [5, 5.41) is 2.67. The Labute approximate surface area is 125 Å². The molecule has 0 radical (unpaired) electrons. The first kappa shape index (κ1) is 15.0. The lowest BCUT2D eigenvalue weighted by Gasteiger charge is -2.33. The van der Waals surface area contributed by atoms with E-state index in [1.54, 1.807) is 6.07 Å². The number of carbonyl (C=O) groups excluding carboxylic acids is 2. The van der Waals surface area contributed by atoms with Crippen molar-refractivity contribution in [3.8, 4) is 0 Å². The van der Waals surface area contributed by atoms with Crippen LogP contribution in [0, 0.1) is 11.7 Å². The second-order valence-electron chi connectivity index (χ2n) is 5.27. The third-order valence-corrected chi connectivity index (χ3v) is 3.60. The normalized spacial score (nSPS) is 19.4. The first-order chi connectivity index (χ1) is 9.38. The molecule has 0 aliphatic carbocycles. The standard InChI is InChI=1S/C14H16BrFN2O2/c1-8(2)5-11-14(20)18(7-13(19)17-11)12-4-3-9(15)6-10(12)16/h3-4,6,8,11H,5,7H2,1-2H3,(H,17,19). The number of halogens is 2. The SMILES string of the molecule is CC(C)CC1NC(=O)CN(c2ccc(Br)cc2F)C1=O. The van der Waals surface area contributed by atoms with Gasteiger partial charge in [-0.1, -0.05) is 29.8 Å². The van der Waals surface area contributed by atoms with Crippen LogP contribution in [0.3, 0.4) is 0 Å². The zero-order valence-corrected chi connectivity index (χ0v) is 12.9. The van der Waals surface area contributed by atoms with Gasteiger partial charge in [-0.15, -0.1) is 0 Å². The van der Waals surface area contributed by atoms with E-state index >= 15 is 0 Å². The van der Waals surface area contributed by atoms with Gasteiger partial charge in [0.1, 0.15) is 18.4 Å². The monoisotopic (exact) mass is 342 g/mol. The second-order valence-corrected chi connectivity index (χ2v) is 6.19. The number of hydrogen-bond donors (Lipinski definition) is 1. The average molecular weight is 343 g/mol. The Morgan fingerprint density at radius 3 is 2.75 bits per heavy atom. The maximum atomic E-state index is 14.0.